The van der Waals surface area contributed by atoms with Crippen LogP contribution in [0.25, 0.3) is 10.9 Å². The lowest BCUT2D eigenvalue weighted by molar-refractivity contribution is -0.162. The second kappa shape index (κ2) is 5.98. The zero-order chi connectivity index (χ0) is 18.9. The number of hydrogen-bond donors (Lipinski definition) is 2. The summed E-state index contributed by atoms with van der Waals surface area (Å²) in [6, 6.07) is 3.79. The number of nitrogens with one attached hydrogen (secondary N) is 1. The average Bonchev–Trinajstić information content (AvgIpc) is 3.03. The molecule has 4 aliphatic rings. The van der Waals surface area contributed by atoms with Crippen molar-refractivity contribution in [2.75, 3.05) is 20.2 Å². The van der Waals surface area contributed by atoms with Gasteiger partial charge in [0, 0.05) is 35.7 Å². The van der Waals surface area contributed by atoms with Crippen LogP contribution in [0.1, 0.15) is 37.4 Å². The fourth-order valence-corrected chi connectivity index (χ4v) is 6.94. The summed E-state index contributed by atoms with van der Waals surface area (Å²) in [6.45, 7) is 4.26. The van der Waals surface area contributed by atoms with Gasteiger partial charge in [0.2, 0.25) is 0 Å². The zero-order valence-electron chi connectivity index (χ0n) is 15.7. The van der Waals surface area contributed by atoms with Crippen LogP contribution in [0.4, 0.5) is 0 Å². The maximum Gasteiger partial charge on any atom is 0.319 e. The van der Waals surface area contributed by atoms with Gasteiger partial charge in [-0.3, -0.25) is 9.69 Å². The van der Waals surface area contributed by atoms with Crippen molar-refractivity contribution in [3.63, 3.8) is 0 Å². The molecule has 6 heteroatoms. The normalized spacial score (nSPS) is 34.3. The molecule has 5 nitrogen and oxygen atoms in total. The third-order valence-electron chi connectivity index (χ3n) is 7.24. The maximum atomic E-state index is 13.4. The number of aromatic nitrogens is 1. The first-order chi connectivity index (χ1) is 13.0. The van der Waals surface area contributed by atoms with Crippen molar-refractivity contribution < 1.29 is 14.6 Å². The Hall–Kier alpha value is -1.53. The number of hydrogen-bond acceptors (Lipinski definition) is 4. The fraction of sp³-hybridized carbons (Fsp3) is 0.571. The number of fused-ring (bicyclic) bond motifs is 4. The number of aromatic hydroxyl groups is 1. The summed E-state index contributed by atoms with van der Waals surface area (Å²) in [5.74, 6) is 1.14. The van der Waals surface area contributed by atoms with Crippen LogP contribution in [-0.2, 0) is 21.4 Å². The Morgan fingerprint density at radius 1 is 1.48 bits per heavy atom. The molecular weight excluding hydrogens is 408 g/mol. The number of H-pyrrole nitrogens is 1. The van der Waals surface area contributed by atoms with E-state index in [4.69, 9.17) is 4.74 Å². The summed E-state index contributed by atoms with van der Waals surface area (Å²) in [6.07, 6.45) is 4.00. The summed E-state index contributed by atoms with van der Waals surface area (Å²) in [5, 5.41) is 11.2. The van der Waals surface area contributed by atoms with Crippen molar-refractivity contribution in [1.29, 1.82) is 0 Å². The van der Waals surface area contributed by atoms with Gasteiger partial charge in [-0.15, -0.1) is 0 Å². The van der Waals surface area contributed by atoms with E-state index >= 15 is 0 Å². The van der Waals surface area contributed by atoms with E-state index in [1.807, 2.05) is 6.07 Å². The summed E-state index contributed by atoms with van der Waals surface area (Å²) in [4.78, 5) is 19.5. The van der Waals surface area contributed by atoms with Gasteiger partial charge in [-0.2, -0.15) is 0 Å². The van der Waals surface area contributed by atoms with Crippen LogP contribution in [0.5, 0.6) is 5.75 Å². The topological polar surface area (TPSA) is 65.6 Å². The molecule has 1 saturated carbocycles. The van der Waals surface area contributed by atoms with Gasteiger partial charge in [-0.25, -0.2) is 0 Å². The molecule has 1 aliphatic carbocycles. The molecule has 0 radical (unpaired) electrons. The number of benzene rings is 1. The molecule has 2 aromatic rings. The monoisotopic (exact) mass is 432 g/mol. The number of halogens is 1. The number of rotatable bonds is 2. The number of aromatic amines is 1. The van der Waals surface area contributed by atoms with Crippen LogP contribution < -0.4 is 0 Å². The first-order valence-corrected chi connectivity index (χ1v) is 10.7. The SMILES string of the molecule is CC[C@H]1C[C@@H]2CN3CCc4c([nH]c5ccc(O)c(Br)c45)[C@](C(=O)OC)(C2)C13. The number of esters is 1. The van der Waals surface area contributed by atoms with Crippen LogP contribution >= 0.6 is 15.9 Å². The van der Waals surface area contributed by atoms with Crippen molar-refractivity contribution in [3.05, 3.63) is 27.9 Å². The second-order valence-electron chi connectivity index (χ2n) is 8.43. The largest absolute Gasteiger partial charge is 0.507 e. The molecule has 4 bridgehead atoms. The highest BCUT2D eigenvalue weighted by Crippen LogP contribution is 2.56. The maximum absolute atomic E-state index is 13.4. The molecule has 1 aromatic carbocycles. The Labute approximate surface area is 167 Å². The molecule has 2 saturated heterocycles. The van der Waals surface area contributed by atoms with Gasteiger partial charge >= 0.3 is 5.97 Å². The number of phenols is 1. The Morgan fingerprint density at radius 3 is 3.04 bits per heavy atom. The van der Waals surface area contributed by atoms with Crippen molar-refractivity contribution in [2.24, 2.45) is 11.8 Å². The van der Waals surface area contributed by atoms with Crippen LogP contribution in [0.3, 0.4) is 0 Å². The molecule has 2 N–H and O–H groups in total. The molecule has 0 spiro atoms. The van der Waals surface area contributed by atoms with Crippen molar-refractivity contribution in [2.45, 2.75) is 44.1 Å². The van der Waals surface area contributed by atoms with Crippen LogP contribution in [0, 0.1) is 11.8 Å². The standard InChI is InChI=1S/C21H25BrN2O3/c1-3-12-8-11-9-21(20(26)27-2)18-13(6-7-24(10-11)19(12)21)16-14(23-18)4-5-15(25)17(16)22/h4-5,11-12,19,23,25H,3,6-10H2,1-2H3/t11-,12-,19?,21+/m0/s1. The van der Waals surface area contributed by atoms with Crippen molar-refractivity contribution >= 4 is 32.8 Å². The molecule has 6 rings (SSSR count). The predicted octanol–water partition coefficient (Wildman–Crippen LogP) is 3.72. The van der Waals surface area contributed by atoms with E-state index in [2.05, 4.69) is 32.7 Å². The van der Waals surface area contributed by atoms with Crippen LogP contribution in [0.2, 0.25) is 0 Å². The second-order valence-corrected chi connectivity index (χ2v) is 9.22. The summed E-state index contributed by atoms with van der Waals surface area (Å²) in [5.41, 5.74) is 2.50. The number of nitrogens with zero attached hydrogens (tertiary/aromatic N) is 1. The van der Waals surface area contributed by atoms with E-state index in [9.17, 15) is 9.90 Å². The minimum absolute atomic E-state index is 0.115. The van der Waals surface area contributed by atoms with Gasteiger partial charge in [0.25, 0.3) is 0 Å². The lowest BCUT2D eigenvalue weighted by atomic mass is 9.56. The molecular formula is C21H25BrN2O3. The number of ether oxygens (including phenoxy) is 1. The number of carbonyl (C=O) groups excluding carboxylic acids is 1. The highest BCUT2D eigenvalue weighted by molar-refractivity contribution is 9.10. The van der Waals surface area contributed by atoms with Crippen molar-refractivity contribution in [1.82, 2.24) is 9.88 Å². The lowest BCUT2D eigenvalue weighted by Crippen LogP contribution is -2.67. The quantitative estimate of drug-likeness (QED) is 0.709. The number of carbonyl (C=O) groups is 1. The molecule has 2 unspecified atom stereocenters. The molecule has 4 heterocycles. The van der Waals surface area contributed by atoms with Gasteiger partial charge in [0.1, 0.15) is 11.2 Å². The fourth-order valence-electron chi connectivity index (χ4n) is 6.36. The zero-order valence-corrected chi connectivity index (χ0v) is 17.3. The Kier molecular flexibility index (Phi) is 3.89. The van der Waals surface area contributed by atoms with Gasteiger partial charge in [-0.05, 0) is 64.7 Å². The predicted molar refractivity (Wildman–Crippen MR) is 107 cm³/mol. The molecule has 27 heavy (non-hydrogen) atoms. The van der Waals surface area contributed by atoms with E-state index in [0.29, 0.717) is 16.3 Å². The smallest absolute Gasteiger partial charge is 0.319 e. The number of piperidine rings is 2. The molecule has 3 aliphatic heterocycles. The van der Waals surface area contributed by atoms with Gasteiger partial charge in [-0.1, -0.05) is 13.3 Å². The van der Waals surface area contributed by atoms with Gasteiger partial charge in [0.05, 0.1) is 11.6 Å². The van der Waals surface area contributed by atoms with E-state index < -0.39 is 5.41 Å². The number of phenolic OH excluding ortho intramolecular Hbond substituents is 1. The molecule has 144 valence electrons. The Balaban J connectivity index is 1.83. The van der Waals surface area contributed by atoms with Crippen molar-refractivity contribution in [3.8, 4) is 5.75 Å². The third-order valence-corrected chi connectivity index (χ3v) is 8.04. The first-order valence-electron chi connectivity index (χ1n) is 9.86. The van der Waals surface area contributed by atoms with E-state index in [-0.39, 0.29) is 17.8 Å². The molecule has 1 aromatic heterocycles. The van der Waals surface area contributed by atoms with Crippen LogP contribution in [-0.4, -0.2) is 47.2 Å². The van der Waals surface area contributed by atoms with E-state index in [1.165, 1.54) is 13.5 Å². The first kappa shape index (κ1) is 17.6. The summed E-state index contributed by atoms with van der Waals surface area (Å²) >= 11 is 3.58. The third kappa shape index (κ3) is 2.17. The molecule has 3 fully saturated rings. The lowest BCUT2D eigenvalue weighted by Gasteiger charge is -2.57. The van der Waals surface area contributed by atoms with Crippen LogP contribution in [0.15, 0.2) is 16.6 Å². The molecule has 0 amide bonds. The molecule has 5 atom stereocenters. The Bertz CT molecular complexity index is 939. The highest BCUT2D eigenvalue weighted by atomic mass is 79.9. The average molecular weight is 433 g/mol. The highest BCUT2D eigenvalue weighted by Gasteiger charge is 2.62. The van der Waals surface area contributed by atoms with E-state index in [1.54, 1.807) is 6.07 Å². The van der Waals surface area contributed by atoms with E-state index in [0.717, 1.165) is 54.5 Å². The summed E-state index contributed by atoms with van der Waals surface area (Å²) in [7, 11) is 1.51. The summed E-state index contributed by atoms with van der Waals surface area (Å²) < 4.78 is 6.14. The minimum atomic E-state index is -0.642. The van der Waals surface area contributed by atoms with Gasteiger partial charge < -0.3 is 14.8 Å². The van der Waals surface area contributed by atoms with Gasteiger partial charge in [0.15, 0.2) is 0 Å². The minimum Gasteiger partial charge on any atom is -0.507 e. The Morgan fingerprint density at radius 2 is 2.30 bits per heavy atom. The number of methoxy groups -OCH3 is 1.